The lowest BCUT2D eigenvalue weighted by atomic mass is 9.93. The number of aryl methyl sites for hydroxylation is 1. The predicted octanol–water partition coefficient (Wildman–Crippen LogP) is 3.36. The highest BCUT2D eigenvalue weighted by Crippen LogP contribution is 2.34. The number of hydrogen-bond donors (Lipinski definition) is 2. The van der Waals surface area contributed by atoms with Crippen LogP contribution in [0.5, 0.6) is 11.5 Å². The normalized spacial score (nSPS) is 16.1. The molecule has 0 bridgehead atoms. The minimum absolute atomic E-state index is 0.0786. The fraction of sp³-hybridized carbons (Fsp3) is 0.480. The smallest absolute Gasteiger partial charge is 0.229 e. The van der Waals surface area contributed by atoms with E-state index >= 15 is 0 Å². The van der Waals surface area contributed by atoms with Crippen molar-refractivity contribution < 1.29 is 22.7 Å². The van der Waals surface area contributed by atoms with E-state index in [-0.39, 0.29) is 5.92 Å². The third-order valence-electron chi connectivity index (χ3n) is 6.01. The third kappa shape index (κ3) is 7.47. The first-order valence-corrected chi connectivity index (χ1v) is 13.2. The van der Waals surface area contributed by atoms with Crippen molar-refractivity contribution in [3.63, 3.8) is 0 Å². The van der Waals surface area contributed by atoms with Crippen LogP contribution in [-0.2, 0) is 34.1 Å². The zero-order valence-electron chi connectivity index (χ0n) is 19.6. The molecule has 0 saturated heterocycles. The Balaban J connectivity index is 1.42. The summed E-state index contributed by atoms with van der Waals surface area (Å²) in [5.74, 6) is 1.76. The van der Waals surface area contributed by atoms with Gasteiger partial charge in [0.25, 0.3) is 0 Å². The van der Waals surface area contributed by atoms with Crippen LogP contribution < -0.4 is 19.5 Å². The van der Waals surface area contributed by atoms with Gasteiger partial charge in [-0.15, -0.1) is 0 Å². The standard InChI is InChI=1S/C25H34N2O5S/c1-31-24-16-20-10-9-19(23(28)15-21(20)17-25(24)32-2)7-5-12-26-13-11-18-6-4-8-22(14-18)27-33(3,29)30/h4,6,8,14,16-17,19,26-27H,5,7,9-13,15H2,1-3H3. The van der Waals surface area contributed by atoms with E-state index < -0.39 is 10.0 Å². The molecule has 2 aromatic carbocycles. The van der Waals surface area contributed by atoms with Crippen molar-refractivity contribution in [1.82, 2.24) is 5.32 Å². The van der Waals surface area contributed by atoms with Crippen molar-refractivity contribution in [3.8, 4) is 11.5 Å². The average molecular weight is 475 g/mol. The lowest BCUT2D eigenvalue weighted by Crippen LogP contribution is -2.21. The second-order valence-electron chi connectivity index (χ2n) is 8.57. The summed E-state index contributed by atoms with van der Waals surface area (Å²) in [6.45, 7) is 1.64. The molecule has 1 unspecified atom stereocenters. The molecule has 1 aliphatic carbocycles. The number of anilines is 1. The Morgan fingerprint density at radius 3 is 2.45 bits per heavy atom. The summed E-state index contributed by atoms with van der Waals surface area (Å²) in [5, 5.41) is 3.44. The van der Waals surface area contributed by atoms with Gasteiger partial charge in [0.2, 0.25) is 10.0 Å². The van der Waals surface area contributed by atoms with E-state index in [1.165, 1.54) is 5.56 Å². The number of fused-ring (bicyclic) bond motifs is 1. The highest BCUT2D eigenvalue weighted by atomic mass is 32.2. The lowest BCUT2D eigenvalue weighted by molar-refractivity contribution is -0.122. The molecule has 0 spiro atoms. The molecule has 8 heteroatoms. The molecule has 0 aromatic heterocycles. The van der Waals surface area contributed by atoms with Crippen molar-refractivity contribution in [3.05, 3.63) is 53.1 Å². The number of methoxy groups -OCH3 is 2. The summed E-state index contributed by atoms with van der Waals surface area (Å²) >= 11 is 0. The second kappa shape index (κ2) is 11.5. The van der Waals surface area contributed by atoms with E-state index in [0.717, 1.165) is 62.6 Å². The highest BCUT2D eigenvalue weighted by Gasteiger charge is 2.25. The van der Waals surface area contributed by atoms with Crippen LogP contribution in [0.25, 0.3) is 0 Å². The van der Waals surface area contributed by atoms with Crippen LogP contribution in [0.4, 0.5) is 5.69 Å². The maximum atomic E-state index is 12.8. The first-order valence-electron chi connectivity index (χ1n) is 11.3. The highest BCUT2D eigenvalue weighted by molar-refractivity contribution is 7.92. The number of ketones is 1. The van der Waals surface area contributed by atoms with Gasteiger partial charge < -0.3 is 14.8 Å². The van der Waals surface area contributed by atoms with Gasteiger partial charge in [-0.05, 0) is 86.1 Å². The molecule has 7 nitrogen and oxygen atoms in total. The van der Waals surface area contributed by atoms with Gasteiger partial charge in [-0.1, -0.05) is 12.1 Å². The van der Waals surface area contributed by atoms with Crippen LogP contribution in [0, 0.1) is 5.92 Å². The van der Waals surface area contributed by atoms with Crippen molar-refractivity contribution in [1.29, 1.82) is 0 Å². The van der Waals surface area contributed by atoms with Gasteiger partial charge in [-0.3, -0.25) is 9.52 Å². The monoisotopic (exact) mass is 474 g/mol. The Bertz CT molecular complexity index is 1070. The van der Waals surface area contributed by atoms with Gasteiger partial charge in [0.1, 0.15) is 5.78 Å². The van der Waals surface area contributed by atoms with Crippen molar-refractivity contribution in [2.24, 2.45) is 5.92 Å². The van der Waals surface area contributed by atoms with Gasteiger partial charge in [0, 0.05) is 18.0 Å². The summed E-state index contributed by atoms with van der Waals surface area (Å²) in [6, 6.07) is 11.4. The molecule has 1 atom stereocenters. The minimum atomic E-state index is -3.27. The maximum absolute atomic E-state index is 12.8. The van der Waals surface area contributed by atoms with Crippen LogP contribution in [0.3, 0.4) is 0 Å². The molecule has 1 aliphatic rings. The summed E-state index contributed by atoms with van der Waals surface area (Å²) in [5.41, 5.74) is 3.87. The van der Waals surface area contributed by atoms with Crippen LogP contribution in [-0.4, -0.2) is 47.8 Å². The number of ether oxygens (including phenoxy) is 2. The van der Waals surface area contributed by atoms with Crippen LogP contribution in [0.1, 0.15) is 36.0 Å². The summed E-state index contributed by atoms with van der Waals surface area (Å²) in [6.07, 6.45) is 5.95. The molecule has 2 aromatic rings. The fourth-order valence-corrected chi connectivity index (χ4v) is 4.88. The van der Waals surface area contributed by atoms with E-state index in [9.17, 15) is 13.2 Å². The number of Topliss-reactive ketones (excluding diaryl/α,β-unsaturated/α-hetero) is 1. The van der Waals surface area contributed by atoms with Gasteiger partial charge in [-0.2, -0.15) is 0 Å². The van der Waals surface area contributed by atoms with Crippen molar-refractivity contribution in [2.75, 3.05) is 38.3 Å². The Hall–Kier alpha value is -2.58. The Morgan fingerprint density at radius 1 is 1.03 bits per heavy atom. The van der Waals surface area contributed by atoms with E-state index in [1.807, 2.05) is 30.3 Å². The van der Waals surface area contributed by atoms with Gasteiger partial charge in [0.15, 0.2) is 11.5 Å². The topological polar surface area (TPSA) is 93.7 Å². The van der Waals surface area contributed by atoms with Crippen LogP contribution >= 0.6 is 0 Å². The molecule has 33 heavy (non-hydrogen) atoms. The van der Waals surface area contributed by atoms with E-state index in [1.54, 1.807) is 20.3 Å². The molecular weight excluding hydrogens is 440 g/mol. The van der Waals surface area contributed by atoms with Gasteiger partial charge >= 0.3 is 0 Å². The summed E-state index contributed by atoms with van der Waals surface area (Å²) in [7, 11) is -0.0316. The van der Waals surface area contributed by atoms with E-state index in [4.69, 9.17) is 9.47 Å². The maximum Gasteiger partial charge on any atom is 0.229 e. The Kier molecular flexibility index (Phi) is 8.74. The molecule has 2 N–H and O–H groups in total. The van der Waals surface area contributed by atoms with Crippen LogP contribution in [0.2, 0.25) is 0 Å². The number of sulfonamides is 1. The number of benzene rings is 2. The Labute approximate surface area is 196 Å². The molecule has 0 radical (unpaired) electrons. The quantitative estimate of drug-likeness (QED) is 0.383. The summed E-state index contributed by atoms with van der Waals surface area (Å²) < 4.78 is 36.1. The van der Waals surface area contributed by atoms with Gasteiger partial charge in [0.05, 0.1) is 20.5 Å². The number of carbonyl (C=O) groups is 1. The lowest BCUT2D eigenvalue weighted by Gasteiger charge is -2.13. The summed E-state index contributed by atoms with van der Waals surface area (Å²) in [4.78, 5) is 12.8. The molecule has 180 valence electrons. The molecule has 0 amide bonds. The molecule has 0 fully saturated rings. The predicted molar refractivity (Wildman–Crippen MR) is 131 cm³/mol. The first kappa shape index (κ1) is 25.1. The zero-order chi connectivity index (χ0) is 23.8. The number of hydrogen-bond acceptors (Lipinski definition) is 6. The number of carbonyl (C=O) groups excluding carboxylic acids is 1. The second-order valence-corrected chi connectivity index (χ2v) is 10.3. The minimum Gasteiger partial charge on any atom is -0.493 e. The Morgan fingerprint density at radius 2 is 1.76 bits per heavy atom. The van der Waals surface area contributed by atoms with E-state index in [2.05, 4.69) is 10.0 Å². The molecular formula is C25H34N2O5S. The number of nitrogens with one attached hydrogen (secondary N) is 2. The number of rotatable bonds is 11. The van der Waals surface area contributed by atoms with Crippen molar-refractivity contribution >= 4 is 21.5 Å². The van der Waals surface area contributed by atoms with Crippen LogP contribution in [0.15, 0.2) is 36.4 Å². The van der Waals surface area contributed by atoms with E-state index in [0.29, 0.717) is 29.4 Å². The SMILES string of the molecule is COc1cc2c(cc1OC)CC(=O)C(CCCNCCc1cccc(NS(C)(=O)=O)c1)CC2. The largest absolute Gasteiger partial charge is 0.493 e. The fourth-order valence-electron chi connectivity index (χ4n) is 4.32. The first-order chi connectivity index (χ1) is 15.8. The molecule has 0 heterocycles. The zero-order valence-corrected chi connectivity index (χ0v) is 20.5. The van der Waals surface area contributed by atoms with Gasteiger partial charge in [-0.25, -0.2) is 8.42 Å². The average Bonchev–Trinajstić information content (AvgIpc) is 2.92. The third-order valence-corrected chi connectivity index (χ3v) is 6.62. The molecule has 0 aliphatic heterocycles. The molecule has 3 rings (SSSR count). The molecule has 0 saturated carbocycles. The van der Waals surface area contributed by atoms with Crippen molar-refractivity contribution in [2.45, 2.75) is 38.5 Å².